The fourth-order valence-corrected chi connectivity index (χ4v) is 3.45. The van der Waals surface area contributed by atoms with Crippen LogP contribution in [0.3, 0.4) is 0 Å². The first-order valence-corrected chi connectivity index (χ1v) is 8.06. The van der Waals surface area contributed by atoms with Crippen LogP contribution in [0.4, 0.5) is 4.79 Å². The molecule has 5 heteroatoms. The van der Waals surface area contributed by atoms with Gasteiger partial charge in [-0.25, -0.2) is 4.79 Å². The van der Waals surface area contributed by atoms with Crippen LogP contribution in [0.5, 0.6) is 0 Å². The minimum Gasteiger partial charge on any atom is -0.394 e. The van der Waals surface area contributed by atoms with Gasteiger partial charge in [0.25, 0.3) is 0 Å². The summed E-state index contributed by atoms with van der Waals surface area (Å²) in [5.74, 6) is 0.466. The Morgan fingerprint density at radius 2 is 2.17 bits per heavy atom. The summed E-state index contributed by atoms with van der Waals surface area (Å²) in [4.78, 5) is 11.9. The number of rotatable bonds is 6. The minimum atomic E-state index is -0.140. The number of aliphatic hydroxyl groups is 1. The number of hydrogen-bond acceptors (Lipinski definition) is 3. The minimum absolute atomic E-state index is 0.00221. The van der Waals surface area contributed by atoms with Gasteiger partial charge in [0.05, 0.1) is 12.6 Å². The Hall–Kier alpha value is -0.420. The van der Waals surface area contributed by atoms with E-state index in [1.165, 1.54) is 12.8 Å². The first-order valence-electron chi connectivity index (χ1n) is 6.77. The summed E-state index contributed by atoms with van der Waals surface area (Å²) in [6, 6.07) is -0.00169. The first kappa shape index (κ1) is 15.6. The van der Waals surface area contributed by atoms with E-state index in [1.54, 1.807) is 0 Å². The quantitative estimate of drug-likeness (QED) is 0.694. The van der Waals surface area contributed by atoms with Crippen molar-refractivity contribution in [1.29, 1.82) is 0 Å². The highest BCUT2D eigenvalue weighted by molar-refractivity contribution is 7.99. The number of thioether (sulfide) groups is 1. The van der Waals surface area contributed by atoms with Crippen LogP contribution in [0.2, 0.25) is 0 Å². The van der Waals surface area contributed by atoms with E-state index in [0.717, 1.165) is 12.8 Å². The van der Waals surface area contributed by atoms with Crippen LogP contribution in [0.1, 0.15) is 39.5 Å². The average molecular weight is 274 g/mol. The molecule has 0 spiro atoms. The molecule has 0 radical (unpaired) electrons. The Morgan fingerprint density at radius 1 is 1.44 bits per heavy atom. The molecular weight excluding hydrogens is 248 g/mol. The summed E-state index contributed by atoms with van der Waals surface area (Å²) >= 11 is 1.83. The standard InChI is InChI=1S/C13H26N2O2S/c1-9(2)7-10(8-16)14-13(17)15-11-5-4-6-12(11)18-3/h9-12,16H,4-8H2,1-3H3,(H2,14,15,17)/t10-,11-,12+/m0/s1. The maximum atomic E-state index is 11.9. The van der Waals surface area contributed by atoms with Crippen molar-refractivity contribution in [3.8, 4) is 0 Å². The Labute approximate surface area is 114 Å². The first-order chi connectivity index (χ1) is 8.56. The molecule has 2 amide bonds. The second-order valence-electron chi connectivity index (χ2n) is 5.44. The highest BCUT2D eigenvalue weighted by Gasteiger charge is 2.28. The highest BCUT2D eigenvalue weighted by atomic mass is 32.2. The van der Waals surface area contributed by atoms with Crippen molar-refractivity contribution in [1.82, 2.24) is 10.6 Å². The number of aliphatic hydroxyl groups excluding tert-OH is 1. The van der Waals surface area contributed by atoms with Crippen molar-refractivity contribution < 1.29 is 9.90 Å². The third-order valence-corrected chi connectivity index (χ3v) is 4.55. The molecule has 3 N–H and O–H groups in total. The molecule has 106 valence electrons. The van der Waals surface area contributed by atoms with Gasteiger partial charge in [-0.1, -0.05) is 20.3 Å². The van der Waals surface area contributed by atoms with Crippen LogP contribution < -0.4 is 10.6 Å². The van der Waals surface area contributed by atoms with Crippen LogP contribution in [0, 0.1) is 5.92 Å². The normalized spacial score (nSPS) is 25.2. The molecule has 0 unspecified atom stereocenters. The summed E-state index contributed by atoms with van der Waals surface area (Å²) in [5, 5.41) is 15.7. The van der Waals surface area contributed by atoms with Gasteiger partial charge in [0.1, 0.15) is 0 Å². The average Bonchev–Trinajstić information content (AvgIpc) is 2.74. The molecule has 4 nitrogen and oxygen atoms in total. The molecule has 0 saturated heterocycles. The lowest BCUT2D eigenvalue weighted by Crippen LogP contribution is -2.49. The Balaban J connectivity index is 2.35. The SMILES string of the molecule is CS[C@@H]1CCC[C@@H]1NC(=O)N[C@H](CO)CC(C)C. The number of hydrogen-bond donors (Lipinski definition) is 3. The topological polar surface area (TPSA) is 61.4 Å². The molecular formula is C13H26N2O2S. The molecule has 1 rings (SSSR count). The van der Waals surface area contributed by atoms with Crippen molar-refractivity contribution in [2.75, 3.05) is 12.9 Å². The van der Waals surface area contributed by atoms with Crippen molar-refractivity contribution >= 4 is 17.8 Å². The third-order valence-electron chi connectivity index (χ3n) is 3.38. The summed E-state index contributed by atoms with van der Waals surface area (Å²) in [6.07, 6.45) is 6.33. The molecule has 0 aromatic heterocycles. The zero-order valence-corrected chi connectivity index (χ0v) is 12.4. The zero-order valence-electron chi connectivity index (χ0n) is 11.6. The van der Waals surface area contributed by atoms with E-state index >= 15 is 0 Å². The Bertz CT molecular complexity index is 261. The molecule has 0 aromatic rings. The molecule has 1 aliphatic rings. The summed E-state index contributed by atoms with van der Waals surface area (Å²) < 4.78 is 0. The molecule has 0 bridgehead atoms. The number of amides is 2. The van der Waals surface area contributed by atoms with Gasteiger partial charge in [-0.2, -0.15) is 11.8 Å². The zero-order chi connectivity index (χ0) is 13.5. The Morgan fingerprint density at radius 3 is 2.72 bits per heavy atom. The van der Waals surface area contributed by atoms with Gasteiger partial charge < -0.3 is 15.7 Å². The van der Waals surface area contributed by atoms with E-state index in [4.69, 9.17) is 0 Å². The maximum Gasteiger partial charge on any atom is 0.315 e. The predicted octanol–water partition coefficient (Wildman–Crippen LogP) is 1.98. The van der Waals surface area contributed by atoms with Crippen molar-refractivity contribution in [2.24, 2.45) is 5.92 Å². The monoisotopic (exact) mass is 274 g/mol. The van der Waals surface area contributed by atoms with Crippen molar-refractivity contribution in [3.05, 3.63) is 0 Å². The van der Waals surface area contributed by atoms with Gasteiger partial charge in [-0.3, -0.25) is 0 Å². The second kappa shape index (κ2) is 7.89. The number of nitrogens with one attached hydrogen (secondary N) is 2. The van der Waals surface area contributed by atoms with Gasteiger partial charge in [-0.05, 0) is 31.4 Å². The number of carbonyl (C=O) groups is 1. The summed E-state index contributed by atoms with van der Waals surface area (Å²) in [7, 11) is 0. The molecule has 0 heterocycles. The predicted molar refractivity (Wildman–Crippen MR) is 76.9 cm³/mol. The summed E-state index contributed by atoms with van der Waals surface area (Å²) in [5.41, 5.74) is 0. The molecule has 0 aromatic carbocycles. The van der Waals surface area contributed by atoms with Crippen LogP contribution in [0.25, 0.3) is 0 Å². The van der Waals surface area contributed by atoms with Crippen LogP contribution in [-0.2, 0) is 0 Å². The number of carbonyl (C=O) groups excluding carboxylic acids is 1. The lowest BCUT2D eigenvalue weighted by Gasteiger charge is -2.23. The molecule has 3 atom stereocenters. The van der Waals surface area contributed by atoms with Crippen LogP contribution in [0.15, 0.2) is 0 Å². The van der Waals surface area contributed by atoms with Gasteiger partial charge in [-0.15, -0.1) is 0 Å². The van der Waals surface area contributed by atoms with Crippen molar-refractivity contribution in [3.63, 3.8) is 0 Å². The van der Waals surface area contributed by atoms with Gasteiger partial charge in [0.2, 0.25) is 0 Å². The van der Waals surface area contributed by atoms with Gasteiger partial charge in [0, 0.05) is 11.3 Å². The second-order valence-corrected chi connectivity index (χ2v) is 6.52. The fourth-order valence-electron chi connectivity index (χ4n) is 2.52. The molecule has 18 heavy (non-hydrogen) atoms. The van der Waals surface area contributed by atoms with Crippen LogP contribution in [-0.4, -0.2) is 41.3 Å². The third kappa shape index (κ3) is 5.06. The van der Waals surface area contributed by atoms with Crippen LogP contribution >= 0.6 is 11.8 Å². The smallest absolute Gasteiger partial charge is 0.315 e. The van der Waals surface area contributed by atoms with E-state index in [1.807, 2.05) is 11.8 Å². The molecule has 0 aliphatic heterocycles. The van der Waals surface area contributed by atoms with E-state index in [2.05, 4.69) is 30.7 Å². The van der Waals surface area contributed by atoms with E-state index in [-0.39, 0.29) is 24.7 Å². The number of urea groups is 1. The largest absolute Gasteiger partial charge is 0.394 e. The molecule has 1 aliphatic carbocycles. The van der Waals surface area contributed by atoms with Crippen molar-refractivity contribution in [2.45, 2.75) is 56.9 Å². The lowest BCUT2D eigenvalue weighted by atomic mass is 10.0. The van der Waals surface area contributed by atoms with E-state index < -0.39 is 0 Å². The highest BCUT2D eigenvalue weighted by Crippen LogP contribution is 2.28. The van der Waals surface area contributed by atoms with Gasteiger partial charge in [0.15, 0.2) is 0 Å². The maximum absolute atomic E-state index is 11.9. The molecule has 1 fully saturated rings. The van der Waals surface area contributed by atoms with Gasteiger partial charge >= 0.3 is 6.03 Å². The summed E-state index contributed by atoms with van der Waals surface area (Å²) in [6.45, 7) is 4.17. The fraction of sp³-hybridized carbons (Fsp3) is 0.923. The lowest BCUT2D eigenvalue weighted by molar-refractivity contribution is 0.205. The molecule has 1 saturated carbocycles. The van der Waals surface area contributed by atoms with E-state index in [0.29, 0.717) is 11.2 Å². The Kier molecular flexibility index (Phi) is 6.86. The van der Waals surface area contributed by atoms with E-state index in [9.17, 15) is 9.90 Å².